The van der Waals surface area contributed by atoms with Crippen LogP contribution < -0.4 is 11.4 Å². The van der Waals surface area contributed by atoms with Gasteiger partial charge in [0.2, 0.25) is 0 Å². The Bertz CT molecular complexity index is 943. The maximum Gasteiger partial charge on any atom is 0.327 e. The molecule has 3 N–H and O–H groups in total. The van der Waals surface area contributed by atoms with E-state index in [2.05, 4.69) is 15.0 Å². The summed E-state index contributed by atoms with van der Waals surface area (Å²) in [5, 5.41) is 0. The number of H-pyrrole nitrogens is 1. The first-order chi connectivity index (χ1) is 11.0. The molecule has 2 aromatic heterocycles. The smallest absolute Gasteiger partial charge is 0.327 e. The molecule has 118 valence electrons. The molecule has 7 nitrogen and oxygen atoms in total. The Balaban J connectivity index is 2.31. The number of aryl methyl sites for hydroxylation is 1. The van der Waals surface area contributed by atoms with E-state index in [4.69, 9.17) is 5.73 Å². The average Bonchev–Trinajstić information content (AvgIpc) is 2.83. The fourth-order valence-corrected chi connectivity index (χ4v) is 2.37. The third-order valence-corrected chi connectivity index (χ3v) is 3.41. The summed E-state index contributed by atoms with van der Waals surface area (Å²) in [6.45, 7) is 2.36. The highest BCUT2D eigenvalue weighted by Crippen LogP contribution is 2.20. The fraction of sp³-hybridized carbons (Fsp3) is 0.200. The van der Waals surface area contributed by atoms with Crippen LogP contribution in [0.1, 0.15) is 23.8 Å². The zero-order chi connectivity index (χ0) is 16.6. The molecule has 0 aliphatic heterocycles. The predicted octanol–water partition coefficient (Wildman–Crippen LogP) is 1.43. The molecule has 0 aliphatic carbocycles. The van der Waals surface area contributed by atoms with E-state index < -0.39 is 11.7 Å². The molecular weight excluding hydrogens is 301 g/mol. The minimum Gasteiger partial charge on any atom is -0.364 e. The molecule has 2 heterocycles. The van der Waals surface area contributed by atoms with Crippen molar-refractivity contribution >= 4 is 17.1 Å². The van der Waals surface area contributed by atoms with Crippen molar-refractivity contribution in [2.24, 2.45) is 5.73 Å². The molecule has 0 saturated heterocycles. The van der Waals surface area contributed by atoms with Crippen LogP contribution in [0.15, 0.2) is 29.1 Å². The number of hydrogen-bond donors (Lipinski definition) is 2. The summed E-state index contributed by atoms with van der Waals surface area (Å²) in [6, 6.07) is 5.53. The predicted molar refractivity (Wildman–Crippen MR) is 82.4 cm³/mol. The van der Waals surface area contributed by atoms with Crippen LogP contribution in [0.3, 0.4) is 0 Å². The molecule has 23 heavy (non-hydrogen) atoms. The molecule has 0 fully saturated rings. The van der Waals surface area contributed by atoms with Gasteiger partial charge in [-0.1, -0.05) is 6.92 Å². The number of benzene rings is 1. The second-order valence-electron chi connectivity index (χ2n) is 5.05. The molecule has 0 spiro atoms. The first-order valence-electron chi connectivity index (χ1n) is 7.07. The Morgan fingerprint density at radius 1 is 1.30 bits per heavy atom. The molecule has 1 aromatic carbocycles. The van der Waals surface area contributed by atoms with Gasteiger partial charge in [0.05, 0.1) is 0 Å². The summed E-state index contributed by atoms with van der Waals surface area (Å²) >= 11 is 0. The Kier molecular flexibility index (Phi) is 3.65. The van der Waals surface area contributed by atoms with Crippen molar-refractivity contribution < 1.29 is 9.18 Å². The molecule has 0 aliphatic rings. The minimum atomic E-state index is -0.773. The molecule has 3 rings (SSSR count). The van der Waals surface area contributed by atoms with Gasteiger partial charge in [-0.3, -0.25) is 9.36 Å². The lowest BCUT2D eigenvalue weighted by atomic mass is 10.2. The highest BCUT2D eigenvalue weighted by molar-refractivity contribution is 6.01. The van der Waals surface area contributed by atoms with Gasteiger partial charge in [-0.15, -0.1) is 0 Å². The van der Waals surface area contributed by atoms with Crippen molar-refractivity contribution in [1.82, 2.24) is 19.5 Å². The number of rotatable bonds is 4. The number of carbonyl (C=O) groups excluding carboxylic acids is 1. The number of fused-ring (bicyclic) bond motifs is 1. The van der Waals surface area contributed by atoms with Gasteiger partial charge in [-0.05, 0) is 30.7 Å². The maximum absolute atomic E-state index is 13.1. The quantitative estimate of drug-likeness (QED) is 0.759. The van der Waals surface area contributed by atoms with Gasteiger partial charge in [0.15, 0.2) is 17.2 Å². The van der Waals surface area contributed by atoms with Crippen LogP contribution in [0.5, 0.6) is 0 Å². The maximum atomic E-state index is 13.1. The summed E-state index contributed by atoms with van der Waals surface area (Å²) in [5.41, 5.74) is 5.95. The van der Waals surface area contributed by atoms with E-state index in [0.29, 0.717) is 24.2 Å². The van der Waals surface area contributed by atoms with Crippen molar-refractivity contribution in [2.75, 3.05) is 0 Å². The van der Waals surface area contributed by atoms with Crippen molar-refractivity contribution in [2.45, 2.75) is 19.9 Å². The van der Waals surface area contributed by atoms with Crippen molar-refractivity contribution in [3.05, 3.63) is 46.3 Å². The number of aromatic amines is 1. The van der Waals surface area contributed by atoms with E-state index in [0.717, 1.165) is 0 Å². The van der Waals surface area contributed by atoms with Gasteiger partial charge in [-0.2, -0.15) is 0 Å². The van der Waals surface area contributed by atoms with Crippen LogP contribution >= 0.6 is 0 Å². The average molecular weight is 315 g/mol. The number of nitrogens with one attached hydrogen (secondary N) is 1. The highest BCUT2D eigenvalue weighted by atomic mass is 19.1. The summed E-state index contributed by atoms with van der Waals surface area (Å²) in [7, 11) is 0. The van der Waals surface area contributed by atoms with E-state index in [1.54, 1.807) is 0 Å². The van der Waals surface area contributed by atoms with Crippen LogP contribution in [0.4, 0.5) is 4.39 Å². The third kappa shape index (κ3) is 2.59. The SMILES string of the molecule is CCCn1c(=O)[nH]c2c(C(N)=O)nc(-c3ccc(F)cc3)nc21. The Labute approximate surface area is 130 Å². The molecule has 3 aromatic rings. The van der Waals surface area contributed by atoms with Crippen LogP contribution in [0.2, 0.25) is 0 Å². The number of imidazole rings is 1. The number of nitrogens with two attached hydrogens (primary N) is 1. The molecule has 0 bridgehead atoms. The molecular formula is C15H14FN5O2. The summed E-state index contributed by atoms with van der Waals surface area (Å²) in [4.78, 5) is 34.7. The van der Waals surface area contributed by atoms with Crippen molar-refractivity contribution in [3.63, 3.8) is 0 Å². The third-order valence-electron chi connectivity index (χ3n) is 3.41. The summed E-state index contributed by atoms with van der Waals surface area (Å²) in [5.74, 6) is -0.963. The lowest BCUT2D eigenvalue weighted by Gasteiger charge is -2.05. The number of hydrogen-bond acceptors (Lipinski definition) is 4. The second-order valence-corrected chi connectivity index (χ2v) is 5.05. The largest absolute Gasteiger partial charge is 0.364 e. The molecule has 0 saturated carbocycles. The van der Waals surface area contributed by atoms with Crippen LogP contribution in [-0.4, -0.2) is 25.4 Å². The Morgan fingerprint density at radius 3 is 2.61 bits per heavy atom. The first kappa shape index (κ1) is 14.9. The topological polar surface area (TPSA) is 107 Å². The van der Waals surface area contributed by atoms with E-state index >= 15 is 0 Å². The monoisotopic (exact) mass is 315 g/mol. The van der Waals surface area contributed by atoms with Gasteiger partial charge in [0.25, 0.3) is 5.91 Å². The van der Waals surface area contributed by atoms with E-state index in [-0.39, 0.29) is 22.7 Å². The van der Waals surface area contributed by atoms with Gasteiger partial charge in [0.1, 0.15) is 11.3 Å². The normalized spacial score (nSPS) is 11.0. The lowest BCUT2D eigenvalue weighted by molar-refractivity contribution is 0.0997. The van der Waals surface area contributed by atoms with Crippen LogP contribution in [0, 0.1) is 5.82 Å². The standard InChI is InChI=1S/C15H14FN5O2/c1-2-7-21-14-11(19-15(21)23)10(12(17)22)18-13(20-14)8-3-5-9(16)6-4-8/h3-6H,2,7H2,1H3,(H2,17,22)(H,19,23). The molecule has 1 amide bonds. The Morgan fingerprint density at radius 2 is 2.00 bits per heavy atom. The number of carbonyl (C=O) groups is 1. The number of aromatic nitrogens is 4. The number of nitrogens with zero attached hydrogens (tertiary/aromatic N) is 3. The molecule has 0 atom stereocenters. The van der Waals surface area contributed by atoms with Crippen molar-refractivity contribution in [1.29, 1.82) is 0 Å². The van der Waals surface area contributed by atoms with E-state index in [1.165, 1.54) is 28.8 Å². The second kappa shape index (κ2) is 5.64. The number of halogens is 1. The summed E-state index contributed by atoms with van der Waals surface area (Å²) in [6.07, 6.45) is 0.717. The summed E-state index contributed by atoms with van der Waals surface area (Å²) < 4.78 is 14.5. The number of primary amides is 1. The van der Waals surface area contributed by atoms with E-state index in [9.17, 15) is 14.0 Å². The molecule has 8 heteroatoms. The van der Waals surface area contributed by atoms with Crippen LogP contribution in [-0.2, 0) is 6.54 Å². The minimum absolute atomic E-state index is 0.0683. The van der Waals surface area contributed by atoms with Gasteiger partial charge < -0.3 is 10.7 Å². The highest BCUT2D eigenvalue weighted by Gasteiger charge is 2.18. The van der Waals surface area contributed by atoms with Gasteiger partial charge in [-0.25, -0.2) is 19.2 Å². The van der Waals surface area contributed by atoms with Gasteiger partial charge in [0, 0.05) is 12.1 Å². The lowest BCUT2D eigenvalue weighted by Crippen LogP contribution is -2.16. The molecule has 0 radical (unpaired) electrons. The van der Waals surface area contributed by atoms with Crippen LogP contribution in [0.25, 0.3) is 22.6 Å². The zero-order valence-electron chi connectivity index (χ0n) is 12.3. The van der Waals surface area contributed by atoms with Gasteiger partial charge >= 0.3 is 5.69 Å². The number of amides is 1. The zero-order valence-corrected chi connectivity index (χ0v) is 12.3. The van der Waals surface area contributed by atoms with Crippen molar-refractivity contribution in [3.8, 4) is 11.4 Å². The first-order valence-corrected chi connectivity index (χ1v) is 7.07. The Hall–Kier alpha value is -3.03. The molecule has 0 unspecified atom stereocenters. The van der Waals surface area contributed by atoms with E-state index in [1.807, 2.05) is 6.92 Å². The fourth-order valence-electron chi connectivity index (χ4n) is 2.37.